The van der Waals surface area contributed by atoms with Gasteiger partial charge in [-0.2, -0.15) is 0 Å². The van der Waals surface area contributed by atoms with E-state index in [1.807, 2.05) is 0 Å². The third-order valence-corrected chi connectivity index (χ3v) is 8.34. The van der Waals surface area contributed by atoms with Crippen molar-refractivity contribution in [2.24, 2.45) is 23.2 Å². The topological polar surface area (TPSA) is 38.8 Å². The summed E-state index contributed by atoms with van der Waals surface area (Å²) in [5, 5.41) is 0. The van der Waals surface area contributed by atoms with E-state index in [1.165, 1.54) is 44.6 Å². The molecular weight excluding hydrogens is 381 g/mol. The number of halogens is 1. The first-order valence-corrected chi connectivity index (χ1v) is 11.9. The molecule has 1 saturated heterocycles. The Morgan fingerprint density at radius 1 is 1.07 bits per heavy atom. The molecule has 0 N–H and O–H groups in total. The van der Waals surface area contributed by atoms with Crippen LogP contribution in [-0.4, -0.2) is 43.7 Å². The highest BCUT2D eigenvalue weighted by atomic mass is 19.1. The molecule has 4 bridgehead atoms. The highest BCUT2D eigenvalue weighted by Crippen LogP contribution is 2.60. The Morgan fingerprint density at radius 3 is 2.30 bits per heavy atom. The van der Waals surface area contributed by atoms with Gasteiger partial charge in [-0.1, -0.05) is 0 Å². The highest BCUT2D eigenvalue weighted by Gasteiger charge is 2.51. The third kappa shape index (κ3) is 3.43. The average Bonchev–Trinajstić information content (AvgIpc) is 3.57. The zero-order chi connectivity index (χ0) is 20.3. The van der Waals surface area contributed by atoms with Crippen molar-refractivity contribution in [3.8, 4) is 5.75 Å². The van der Waals surface area contributed by atoms with Crippen LogP contribution in [0.25, 0.3) is 0 Å². The lowest BCUT2D eigenvalue weighted by molar-refractivity contribution is -0.0747. The van der Waals surface area contributed by atoms with Gasteiger partial charge >= 0.3 is 0 Å². The lowest BCUT2D eigenvalue weighted by atomic mass is 9.50. The summed E-state index contributed by atoms with van der Waals surface area (Å²) in [4.78, 5) is 14.6. The molecule has 1 heterocycles. The van der Waals surface area contributed by atoms with Gasteiger partial charge in [-0.05, 0) is 86.7 Å². The normalized spacial score (nSPS) is 35.0. The number of ether oxygens (including phenoxy) is 2. The van der Waals surface area contributed by atoms with Crippen LogP contribution in [0.5, 0.6) is 5.75 Å². The molecule has 1 aliphatic heterocycles. The zero-order valence-corrected chi connectivity index (χ0v) is 17.7. The van der Waals surface area contributed by atoms with Crippen LogP contribution in [0.15, 0.2) is 12.1 Å². The van der Waals surface area contributed by atoms with Crippen LogP contribution in [0, 0.1) is 29.0 Å². The number of rotatable bonds is 5. The van der Waals surface area contributed by atoms with Gasteiger partial charge in [0.15, 0.2) is 0 Å². The minimum Gasteiger partial charge on any atom is -0.493 e. The maximum atomic E-state index is 15.0. The number of amides is 1. The van der Waals surface area contributed by atoms with Crippen molar-refractivity contribution in [3.05, 3.63) is 29.1 Å². The van der Waals surface area contributed by atoms with Crippen molar-refractivity contribution in [3.63, 3.8) is 0 Å². The molecule has 5 aliphatic carbocycles. The largest absolute Gasteiger partial charge is 0.493 e. The first-order chi connectivity index (χ1) is 14.6. The van der Waals surface area contributed by atoms with E-state index in [9.17, 15) is 4.79 Å². The first kappa shape index (κ1) is 19.1. The maximum Gasteiger partial charge on any atom is 0.257 e. The van der Waals surface area contributed by atoms with E-state index in [2.05, 4.69) is 0 Å². The minimum atomic E-state index is -0.448. The molecule has 5 saturated carbocycles. The fourth-order valence-corrected chi connectivity index (χ4v) is 7.21. The van der Waals surface area contributed by atoms with E-state index in [4.69, 9.17) is 9.47 Å². The highest BCUT2D eigenvalue weighted by molar-refractivity contribution is 5.95. The summed E-state index contributed by atoms with van der Waals surface area (Å²) in [7, 11) is 0. The van der Waals surface area contributed by atoms with Crippen molar-refractivity contribution < 1.29 is 18.7 Å². The van der Waals surface area contributed by atoms with Gasteiger partial charge in [0.2, 0.25) is 0 Å². The van der Waals surface area contributed by atoms with Crippen LogP contribution in [0.1, 0.15) is 73.2 Å². The van der Waals surface area contributed by atoms with E-state index >= 15 is 4.39 Å². The quantitative estimate of drug-likeness (QED) is 0.698. The summed E-state index contributed by atoms with van der Waals surface area (Å²) in [6.45, 7) is 2.82. The zero-order valence-electron chi connectivity index (χ0n) is 17.7. The molecule has 0 unspecified atom stereocenters. The van der Waals surface area contributed by atoms with Crippen LogP contribution in [0.4, 0.5) is 4.39 Å². The van der Waals surface area contributed by atoms with Gasteiger partial charge in [0.05, 0.1) is 25.4 Å². The monoisotopic (exact) mass is 413 g/mol. The second-order valence-corrected chi connectivity index (χ2v) is 10.8. The summed E-state index contributed by atoms with van der Waals surface area (Å²) in [6.07, 6.45) is 10.3. The maximum absolute atomic E-state index is 15.0. The fraction of sp³-hybridized carbons (Fsp3) is 0.720. The number of carbonyl (C=O) groups excluding carboxylic acids is 1. The minimum absolute atomic E-state index is 0.195. The molecule has 1 aromatic carbocycles. The molecule has 6 fully saturated rings. The third-order valence-electron chi connectivity index (χ3n) is 8.34. The first-order valence-electron chi connectivity index (χ1n) is 11.9. The van der Waals surface area contributed by atoms with Gasteiger partial charge in [0, 0.05) is 24.6 Å². The molecule has 0 atom stereocenters. The van der Waals surface area contributed by atoms with E-state index < -0.39 is 5.82 Å². The SMILES string of the molecule is O=C(c1cc(C2CC2)c(OCC23CC4CC(CC(C4)C2)C3)cc1F)N1CCOCC1. The van der Waals surface area contributed by atoms with Crippen LogP contribution < -0.4 is 4.74 Å². The van der Waals surface area contributed by atoms with Crippen LogP contribution in [-0.2, 0) is 4.74 Å². The summed E-state index contributed by atoms with van der Waals surface area (Å²) in [5.74, 6) is 3.08. The second-order valence-electron chi connectivity index (χ2n) is 10.8. The van der Waals surface area contributed by atoms with Crippen molar-refractivity contribution in [2.75, 3.05) is 32.9 Å². The van der Waals surface area contributed by atoms with Gasteiger partial charge < -0.3 is 14.4 Å². The Labute approximate surface area is 178 Å². The number of carbonyl (C=O) groups is 1. The molecule has 0 radical (unpaired) electrons. The second kappa shape index (κ2) is 7.22. The summed E-state index contributed by atoms with van der Waals surface area (Å²) < 4.78 is 26.8. The molecule has 0 spiro atoms. The standard InChI is InChI=1S/C25H32FNO3/c26-22-11-23(30-15-25-12-16-7-17(13-25)9-18(8-16)14-25)20(19-1-2-19)10-21(22)24(28)27-3-5-29-6-4-27/h10-11,16-19H,1-9,12-15H2. The summed E-state index contributed by atoms with van der Waals surface area (Å²) in [5.41, 5.74) is 1.53. The molecule has 1 aromatic rings. The van der Waals surface area contributed by atoms with Crippen molar-refractivity contribution in [2.45, 2.75) is 57.3 Å². The molecule has 30 heavy (non-hydrogen) atoms. The lowest BCUT2D eigenvalue weighted by Crippen LogP contribution is -2.48. The van der Waals surface area contributed by atoms with Gasteiger partial charge in [-0.15, -0.1) is 0 Å². The Kier molecular flexibility index (Phi) is 4.59. The lowest BCUT2D eigenvalue weighted by Gasteiger charge is -2.56. The number of hydrogen-bond acceptors (Lipinski definition) is 3. The van der Waals surface area contributed by atoms with Crippen LogP contribution >= 0.6 is 0 Å². The number of hydrogen-bond donors (Lipinski definition) is 0. The van der Waals surface area contributed by atoms with E-state index in [-0.39, 0.29) is 11.5 Å². The van der Waals surface area contributed by atoms with Crippen molar-refractivity contribution >= 4 is 5.91 Å². The molecule has 6 aliphatic rings. The predicted octanol–water partition coefficient (Wildman–Crippen LogP) is 4.77. The number of morpholine rings is 1. The molecule has 4 nitrogen and oxygen atoms in total. The molecule has 0 aromatic heterocycles. The summed E-state index contributed by atoms with van der Waals surface area (Å²) >= 11 is 0. The molecule has 7 rings (SSSR count). The molecule has 162 valence electrons. The van der Waals surface area contributed by atoms with E-state index in [1.54, 1.807) is 11.0 Å². The van der Waals surface area contributed by atoms with Gasteiger partial charge in [0.25, 0.3) is 5.91 Å². The Bertz CT molecular complexity index is 808. The van der Waals surface area contributed by atoms with Gasteiger partial charge in [-0.25, -0.2) is 4.39 Å². The number of benzene rings is 1. The van der Waals surface area contributed by atoms with Gasteiger partial charge in [0.1, 0.15) is 11.6 Å². The van der Waals surface area contributed by atoms with E-state index in [0.717, 1.165) is 36.2 Å². The molecular formula is C25H32FNO3. The molecule has 5 heteroatoms. The van der Waals surface area contributed by atoms with Crippen molar-refractivity contribution in [1.82, 2.24) is 4.90 Å². The average molecular weight is 414 g/mol. The number of nitrogens with zero attached hydrogens (tertiary/aromatic N) is 1. The van der Waals surface area contributed by atoms with Gasteiger partial charge in [-0.3, -0.25) is 4.79 Å². The fourth-order valence-electron chi connectivity index (χ4n) is 7.21. The van der Waals surface area contributed by atoms with Crippen LogP contribution in [0.2, 0.25) is 0 Å². The van der Waals surface area contributed by atoms with Crippen LogP contribution in [0.3, 0.4) is 0 Å². The Morgan fingerprint density at radius 2 is 1.70 bits per heavy atom. The molecule has 1 amide bonds. The Hall–Kier alpha value is -1.62. The smallest absolute Gasteiger partial charge is 0.257 e. The van der Waals surface area contributed by atoms with E-state index in [0.29, 0.717) is 50.0 Å². The summed E-state index contributed by atoms with van der Waals surface area (Å²) in [6, 6.07) is 3.29. The Balaban J connectivity index is 1.23. The predicted molar refractivity (Wildman–Crippen MR) is 111 cm³/mol. The van der Waals surface area contributed by atoms with Crippen molar-refractivity contribution in [1.29, 1.82) is 0 Å².